The molecule has 0 bridgehead atoms. The Labute approximate surface area is 153 Å². The lowest BCUT2D eigenvalue weighted by atomic mass is 10.1. The van der Waals surface area contributed by atoms with E-state index in [9.17, 15) is 37.7 Å². The Bertz CT molecular complexity index is 933. The van der Waals surface area contributed by atoms with Crippen molar-refractivity contribution < 1.29 is 32.5 Å². The van der Waals surface area contributed by atoms with E-state index in [0.717, 1.165) is 0 Å². The summed E-state index contributed by atoms with van der Waals surface area (Å²) in [7, 11) is 0. The van der Waals surface area contributed by atoms with Crippen LogP contribution in [0.1, 0.15) is 15.9 Å². The molecule has 0 aliphatic heterocycles. The van der Waals surface area contributed by atoms with E-state index in [4.69, 9.17) is 0 Å². The van der Waals surface area contributed by atoms with E-state index in [1.807, 2.05) is 10.7 Å². The normalized spacial score (nSPS) is 10.7. The largest absolute Gasteiger partial charge is 0.416 e. The molecule has 13 heteroatoms. The van der Waals surface area contributed by atoms with E-state index in [1.54, 1.807) is 5.43 Å². The molecule has 0 unspecified atom stereocenters. The van der Waals surface area contributed by atoms with E-state index in [-0.39, 0.29) is 11.6 Å². The van der Waals surface area contributed by atoms with E-state index >= 15 is 0 Å². The molecule has 0 atom stereocenters. The van der Waals surface area contributed by atoms with Crippen LogP contribution in [-0.2, 0) is 15.8 Å². The summed E-state index contributed by atoms with van der Waals surface area (Å²) < 4.78 is 38.0. The number of carbonyl (C=O) groups excluding carboxylic acids is 3. The van der Waals surface area contributed by atoms with Crippen molar-refractivity contribution >= 4 is 29.1 Å². The first-order chi connectivity index (χ1) is 13.1. The molecule has 3 N–H and O–H groups in total. The van der Waals surface area contributed by atoms with Crippen LogP contribution in [0.15, 0.2) is 42.7 Å². The Morgan fingerprint density at radius 2 is 1.64 bits per heavy atom. The Balaban J connectivity index is 2.06. The van der Waals surface area contributed by atoms with Gasteiger partial charge in [0.2, 0.25) is 0 Å². The fourth-order valence-electron chi connectivity index (χ4n) is 1.89. The predicted octanol–water partition coefficient (Wildman–Crippen LogP) is 1.41. The Hall–Kier alpha value is -4.03. The van der Waals surface area contributed by atoms with Gasteiger partial charge in [-0.1, -0.05) is 0 Å². The fraction of sp³-hybridized carbons (Fsp3) is 0.0667. The first-order valence-corrected chi connectivity index (χ1v) is 7.27. The third kappa shape index (κ3) is 5.00. The molecule has 2 aromatic rings. The van der Waals surface area contributed by atoms with E-state index < -0.39 is 45.8 Å². The van der Waals surface area contributed by atoms with Crippen LogP contribution < -0.4 is 16.2 Å². The zero-order chi connectivity index (χ0) is 20.9. The second-order valence-electron chi connectivity index (χ2n) is 5.09. The van der Waals surface area contributed by atoms with Gasteiger partial charge < -0.3 is 5.32 Å². The van der Waals surface area contributed by atoms with E-state index in [1.165, 1.54) is 24.5 Å². The number of amides is 3. The van der Waals surface area contributed by atoms with Crippen LogP contribution in [-0.4, -0.2) is 27.6 Å². The van der Waals surface area contributed by atoms with Gasteiger partial charge in [0.15, 0.2) is 0 Å². The summed E-state index contributed by atoms with van der Waals surface area (Å²) in [6, 6.07) is 4.02. The highest BCUT2D eigenvalue weighted by Gasteiger charge is 2.33. The number of nitro benzene ring substituents is 1. The smallest absolute Gasteiger partial charge is 0.312 e. The second kappa shape index (κ2) is 8.11. The number of carbonyl (C=O) groups is 3. The van der Waals surface area contributed by atoms with Gasteiger partial charge in [0.25, 0.3) is 11.6 Å². The lowest BCUT2D eigenvalue weighted by Crippen LogP contribution is -2.46. The summed E-state index contributed by atoms with van der Waals surface area (Å²) in [4.78, 5) is 48.7. The van der Waals surface area contributed by atoms with Crippen LogP contribution in [0.25, 0.3) is 0 Å². The maximum atomic E-state index is 12.7. The standard InChI is InChI=1S/C15H10F3N5O5/c16-15(17,18)9-1-2-10(11(7-9)23(27)28)20-13(25)14(26)22-21-12(24)8-3-5-19-6-4-8/h1-7H,(H,20,25)(H,21,24)(H,22,26). The molecule has 10 nitrogen and oxygen atoms in total. The number of hydrogen-bond donors (Lipinski definition) is 3. The van der Waals surface area contributed by atoms with Gasteiger partial charge in [-0.05, 0) is 24.3 Å². The average Bonchev–Trinajstić information content (AvgIpc) is 2.65. The van der Waals surface area contributed by atoms with Crippen molar-refractivity contribution in [1.82, 2.24) is 15.8 Å². The van der Waals surface area contributed by atoms with Gasteiger partial charge >= 0.3 is 18.0 Å². The highest BCUT2D eigenvalue weighted by molar-refractivity contribution is 6.40. The molecule has 0 radical (unpaired) electrons. The molecule has 28 heavy (non-hydrogen) atoms. The molecule has 2 rings (SSSR count). The Kier molecular flexibility index (Phi) is 5.88. The molecule has 0 saturated carbocycles. The minimum Gasteiger partial charge on any atom is -0.312 e. The second-order valence-corrected chi connectivity index (χ2v) is 5.09. The zero-order valence-corrected chi connectivity index (χ0v) is 13.6. The van der Waals surface area contributed by atoms with Gasteiger partial charge in [-0.2, -0.15) is 13.2 Å². The number of alkyl halides is 3. The quantitative estimate of drug-likeness (QED) is 0.406. The molecule has 0 fully saturated rings. The van der Waals surface area contributed by atoms with Crippen LogP contribution in [0.5, 0.6) is 0 Å². The number of hydrogen-bond acceptors (Lipinski definition) is 6. The number of hydrazine groups is 1. The molecule has 1 aromatic carbocycles. The van der Waals surface area contributed by atoms with Crippen molar-refractivity contribution in [3.63, 3.8) is 0 Å². The Morgan fingerprint density at radius 3 is 2.21 bits per heavy atom. The first-order valence-electron chi connectivity index (χ1n) is 7.27. The van der Waals surface area contributed by atoms with Gasteiger partial charge in [-0.25, -0.2) is 0 Å². The number of rotatable bonds is 3. The third-order valence-corrected chi connectivity index (χ3v) is 3.21. The monoisotopic (exact) mass is 397 g/mol. The molecule has 0 aliphatic rings. The van der Waals surface area contributed by atoms with E-state index in [2.05, 4.69) is 4.98 Å². The molecule has 1 heterocycles. The lowest BCUT2D eigenvalue weighted by molar-refractivity contribution is -0.384. The predicted molar refractivity (Wildman–Crippen MR) is 86.6 cm³/mol. The van der Waals surface area contributed by atoms with Gasteiger partial charge in [0.05, 0.1) is 10.5 Å². The summed E-state index contributed by atoms with van der Waals surface area (Å²) in [6.07, 6.45) is -2.21. The van der Waals surface area contributed by atoms with E-state index in [0.29, 0.717) is 12.1 Å². The molecular formula is C15H10F3N5O5. The average molecular weight is 397 g/mol. The third-order valence-electron chi connectivity index (χ3n) is 3.21. The van der Waals surface area contributed by atoms with Gasteiger partial charge in [-0.3, -0.25) is 40.3 Å². The minimum atomic E-state index is -4.83. The first kappa shape index (κ1) is 20.3. The summed E-state index contributed by atoms with van der Waals surface area (Å²) in [5, 5.41) is 12.8. The van der Waals surface area contributed by atoms with Gasteiger partial charge in [0, 0.05) is 24.0 Å². The summed E-state index contributed by atoms with van der Waals surface area (Å²) in [5.41, 5.74) is 0.822. The van der Waals surface area contributed by atoms with Gasteiger partial charge in [-0.15, -0.1) is 0 Å². The van der Waals surface area contributed by atoms with Crippen molar-refractivity contribution in [2.24, 2.45) is 0 Å². The molecule has 0 spiro atoms. The highest BCUT2D eigenvalue weighted by Crippen LogP contribution is 2.34. The Morgan fingerprint density at radius 1 is 1.00 bits per heavy atom. The molecule has 1 aromatic heterocycles. The molecule has 0 aliphatic carbocycles. The number of nitrogens with one attached hydrogen (secondary N) is 3. The summed E-state index contributed by atoms with van der Waals surface area (Å²) in [5.74, 6) is -3.63. The summed E-state index contributed by atoms with van der Waals surface area (Å²) in [6.45, 7) is 0. The number of benzene rings is 1. The van der Waals surface area contributed by atoms with Crippen LogP contribution in [0.4, 0.5) is 24.5 Å². The SMILES string of the molecule is O=C(NNC(=O)c1ccncc1)C(=O)Nc1ccc(C(F)(F)F)cc1[N+](=O)[O-]. The number of pyridine rings is 1. The molecular weight excluding hydrogens is 387 g/mol. The molecule has 146 valence electrons. The van der Waals surface area contributed by atoms with Crippen molar-refractivity contribution in [2.45, 2.75) is 6.18 Å². The maximum Gasteiger partial charge on any atom is 0.416 e. The lowest BCUT2D eigenvalue weighted by Gasteiger charge is -2.10. The molecule has 3 amide bonds. The molecule has 0 saturated heterocycles. The van der Waals surface area contributed by atoms with Crippen molar-refractivity contribution in [2.75, 3.05) is 5.32 Å². The summed E-state index contributed by atoms with van der Waals surface area (Å²) >= 11 is 0. The maximum absolute atomic E-state index is 12.7. The number of aromatic nitrogens is 1. The van der Waals surface area contributed by atoms with Crippen molar-refractivity contribution in [3.05, 3.63) is 64.0 Å². The number of nitro groups is 1. The van der Waals surface area contributed by atoms with Crippen molar-refractivity contribution in [1.29, 1.82) is 0 Å². The minimum absolute atomic E-state index is 0.120. The number of halogens is 3. The highest BCUT2D eigenvalue weighted by atomic mass is 19.4. The topological polar surface area (TPSA) is 143 Å². The van der Waals surface area contributed by atoms with Crippen LogP contribution in [0, 0.1) is 10.1 Å². The number of anilines is 1. The zero-order valence-electron chi connectivity index (χ0n) is 13.6. The van der Waals surface area contributed by atoms with Gasteiger partial charge in [0.1, 0.15) is 5.69 Å². The van der Waals surface area contributed by atoms with Crippen molar-refractivity contribution in [3.8, 4) is 0 Å². The fourth-order valence-corrected chi connectivity index (χ4v) is 1.89. The van der Waals surface area contributed by atoms with Crippen LogP contribution in [0.2, 0.25) is 0 Å². The number of nitrogens with zero attached hydrogens (tertiary/aromatic N) is 2. The van der Waals surface area contributed by atoms with Crippen LogP contribution in [0.3, 0.4) is 0 Å². The van der Waals surface area contributed by atoms with Crippen LogP contribution >= 0.6 is 0 Å².